The summed E-state index contributed by atoms with van der Waals surface area (Å²) < 4.78 is 0. The lowest BCUT2D eigenvalue weighted by atomic mass is 10.2. The molecule has 2 rings (SSSR count). The normalized spacial score (nSPS) is 10.4. The molecule has 0 saturated heterocycles. The Morgan fingerprint density at radius 3 is 3.00 bits per heavy atom. The van der Waals surface area contributed by atoms with Gasteiger partial charge in [0.1, 0.15) is 0 Å². The van der Waals surface area contributed by atoms with Crippen LogP contribution in [-0.4, -0.2) is 17.4 Å². The van der Waals surface area contributed by atoms with Crippen LogP contribution in [0.1, 0.15) is 16.3 Å². The van der Waals surface area contributed by atoms with Crippen molar-refractivity contribution in [3.05, 3.63) is 38.5 Å². The number of aryl methyl sites for hydroxylation is 1. The molecular weight excluding hydrogens is 252 g/mol. The summed E-state index contributed by atoms with van der Waals surface area (Å²) in [5.41, 5.74) is 2.14. The van der Waals surface area contributed by atoms with Crippen molar-refractivity contribution >= 4 is 28.6 Å². The van der Waals surface area contributed by atoms with Crippen molar-refractivity contribution in [2.24, 2.45) is 0 Å². The Morgan fingerprint density at radius 2 is 2.35 bits per heavy atom. The molecule has 0 aliphatic carbocycles. The highest BCUT2D eigenvalue weighted by Crippen LogP contribution is 2.08. The second kappa shape index (κ2) is 5.93. The summed E-state index contributed by atoms with van der Waals surface area (Å²) >= 11 is 3.26. The number of hydrogen-bond acceptors (Lipinski definition) is 4. The molecule has 3 nitrogen and oxygen atoms in total. The van der Waals surface area contributed by atoms with Crippen LogP contribution in [-0.2, 0) is 17.6 Å². The Bertz CT molecular complexity index is 476. The van der Waals surface area contributed by atoms with Gasteiger partial charge in [0.25, 0.3) is 0 Å². The van der Waals surface area contributed by atoms with Gasteiger partial charge < -0.3 is 5.32 Å². The molecular formula is C12H14N2OS2. The number of thiophene rings is 1. The van der Waals surface area contributed by atoms with E-state index >= 15 is 0 Å². The lowest BCUT2D eigenvalue weighted by Crippen LogP contribution is -2.27. The molecule has 0 atom stereocenters. The van der Waals surface area contributed by atoms with Crippen LogP contribution in [0.15, 0.2) is 22.2 Å². The molecule has 17 heavy (non-hydrogen) atoms. The van der Waals surface area contributed by atoms with Crippen LogP contribution in [0.5, 0.6) is 0 Å². The third kappa shape index (κ3) is 3.94. The third-order valence-electron chi connectivity index (χ3n) is 2.32. The summed E-state index contributed by atoms with van der Waals surface area (Å²) in [6.07, 6.45) is 1.28. The smallest absolute Gasteiger partial charge is 0.226 e. The van der Waals surface area contributed by atoms with Crippen LogP contribution in [0.2, 0.25) is 0 Å². The van der Waals surface area contributed by atoms with Gasteiger partial charge in [-0.15, -0.1) is 11.3 Å². The first-order chi connectivity index (χ1) is 8.24. The minimum absolute atomic E-state index is 0.0468. The molecule has 0 spiro atoms. The number of amides is 1. The van der Waals surface area contributed by atoms with Crippen LogP contribution in [0, 0.1) is 6.92 Å². The number of nitrogens with zero attached hydrogens (tertiary/aromatic N) is 1. The van der Waals surface area contributed by atoms with Crippen molar-refractivity contribution in [2.75, 3.05) is 6.54 Å². The summed E-state index contributed by atoms with van der Waals surface area (Å²) in [7, 11) is 0. The summed E-state index contributed by atoms with van der Waals surface area (Å²) in [5.74, 6) is 0.0468. The minimum Gasteiger partial charge on any atom is -0.355 e. The van der Waals surface area contributed by atoms with Crippen molar-refractivity contribution in [3.63, 3.8) is 0 Å². The third-order valence-corrected chi connectivity index (χ3v) is 3.88. The highest BCUT2D eigenvalue weighted by Gasteiger charge is 2.05. The van der Waals surface area contributed by atoms with E-state index in [4.69, 9.17) is 0 Å². The Labute approximate surface area is 109 Å². The average Bonchev–Trinajstić information content (AvgIpc) is 2.90. The van der Waals surface area contributed by atoms with Gasteiger partial charge >= 0.3 is 0 Å². The van der Waals surface area contributed by atoms with E-state index in [-0.39, 0.29) is 5.91 Å². The first-order valence-corrected chi connectivity index (χ1v) is 7.25. The quantitative estimate of drug-likeness (QED) is 0.903. The molecule has 1 amide bonds. The number of aromatic nitrogens is 1. The van der Waals surface area contributed by atoms with Crippen LogP contribution in [0.3, 0.4) is 0 Å². The lowest BCUT2D eigenvalue weighted by molar-refractivity contribution is -0.120. The van der Waals surface area contributed by atoms with E-state index in [0.29, 0.717) is 13.0 Å². The van der Waals surface area contributed by atoms with Crippen molar-refractivity contribution in [3.8, 4) is 0 Å². The van der Waals surface area contributed by atoms with E-state index < -0.39 is 0 Å². The van der Waals surface area contributed by atoms with Crippen molar-refractivity contribution in [1.29, 1.82) is 0 Å². The highest BCUT2D eigenvalue weighted by atomic mass is 32.1. The van der Waals surface area contributed by atoms with Crippen LogP contribution in [0.4, 0.5) is 0 Å². The lowest BCUT2D eigenvalue weighted by Gasteiger charge is -2.02. The number of nitrogens with one attached hydrogen (secondary N) is 1. The zero-order chi connectivity index (χ0) is 12.1. The van der Waals surface area contributed by atoms with Gasteiger partial charge in [-0.2, -0.15) is 11.3 Å². The van der Waals surface area contributed by atoms with Gasteiger partial charge in [-0.25, -0.2) is 4.98 Å². The molecule has 0 bridgehead atoms. The maximum absolute atomic E-state index is 11.6. The molecule has 0 saturated carbocycles. The fraction of sp³-hybridized carbons (Fsp3) is 0.333. The number of hydrogen-bond donors (Lipinski definition) is 1. The van der Waals surface area contributed by atoms with Crippen LogP contribution in [0.25, 0.3) is 0 Å². The van der Waals surface area contributed by atoms with E-state index in [1.807, 2.05) is 12.3 Å². The second-order valence-corrected chi connectivity index (χ2v) is 5.61. The van der Waals surface area contributed by atoms with Gasteiger partial charge in [0.15, 0.2) is 0 Å². The first-order valence-electron chi connectivity index (χ1n) is 5.43. The molecule has 2 aromatic rings. The molecule has 0 fully saturated rings. The monoisotopic (exact) mass is 266 g/mol. The predicted octanol–water partition coefficient (Wildman–Crippen LogP) is 2.41. The Kier molecular flexibility index (Phi) is 4.28. The van der Waals surface area contributed by atoms with Crippen molar-refractivity contribution < 1.29 is 4.79 Å². The molecule has 1 N–H and O–H groups in total. The molecule has 2 aromatic heterocycles. The molecule has 0 aliphatic rings. The van der Waals surface area contributed by atoms with Gasteiger partial charge in [0.05, 0.1) is 17.1 Å². The molecule has 2 heterocycles. The highest BCUT2D eigenvalue weighted by molar-refractivity contribution is 7.09. The summed E-state index contributed by atoms with van der Waals surface area (Å²) in [5, 5.41) is 10.0. The Morgan fingerprint density at radius 1 is 1.47 bits per heavy atom. The fourth-order valence-corrected chi connectivity index (χ4v) is 2.81. The Balaban J connectivity index is 1.71. The van der Waals surface area contributed by atoms with Gasteiger partial charge in [-0.1, -0.05) is 0 Å². The zero-order valence-electron chi connectivity index (χ0n) is 9.60. The Hall–Kier alpha value is -1.20. The molecule has 0 radical (unpaired) electrons. The van der Waals surface area contributed by atoms with Gasteiger partial charge in [0.2, 0.25) is 5.91 Å². The number of carbonyl (C=O) groups is 1. The molecule has 0 unspecified atom stereocenters. The van der Waals surface area contributed by atoms with E-state index in [9.17, 15) is 4.79 Å². The number of carbonyl (C=O) groups excluding carboxylic acids is 1. The minimum atomic E-state index is 0.0468. The second-order valence-electron chi connectivity index (χ2n) is 3.77. The van der Waals surface area contributed by atoms with Crippen LogP contribution < -0.4 is 5.32 Å². The van der Waals surface area contributed by atoms with E-state index in [1.165, 1.54) is 5.56 Å². The van der Waals surface area contributed by atoms with Gasteiger partial charge in [-0.05, 0) is 35.7 Å². The van der Waals surface area contributed by atoms with Gasteiger partial charge in [0, 0.05) is 11.9 Å². The summed E-state index contributed by atoms with van der Waals surface area (Å²) in [4.78, 5) is 15.9. The largest absolute Gasteiger partial charge is 0.355 e. The van der Waals surface area contributed by atoms with E-state index in [2.05, 4.69) is 27.1 Å². The van der Waals surface area contributed by atoms with Crippen LogP contribution >= 0.6 is 22.7 Å². The predicted molar refractivity (Wildman–Crippen MR) is 71.6 cm³/mol. The standard InChI is InChI=1S/C12H14N2OS2/c1-9-14-11(8-17-9)6-12(15)13-4-2-10-3-5-16-7-10/h3,5,7-8H,2,4,6H2,1H3,(H,13,15). The molecule has 0 aromatic carbocycles. The van der Waals surface area contributed by atoms with Gasteiger partial charge in [-0.3, -0.25) is 4.79 Å². The molecule has 5 heteroatoms. The molecule has 0 aliphatic heterocycles. The van der Waals surface area contributed by atoms with E-state index in [0.717, 1.165) is 17.1 Å². The van der Waals surface area contributed by atoms with Crippen molar-refractivity contribution in [1.82, 2.24) is 10.3 Å². The maximum Gasteiger partial charge on any atom is 0.226 e. The van der Waals surface area contributed by atoms with Crippen molar-refractivity contribution in [2.45, 2.75) is 19.8 Å². The first kappa shape index (κ1) is 12.3. The number of thiazole rings is 1. The molecule has 90 valence electrons. The summed E-state index contributed by atoms with van der Waals surface area (Å²) in [6.45, 7) is 2.64. The average molecular weight is 266 g/mol. The topological polar surface area (TPSA) is 42.0 Å². The maximum atomic E-state index is 11.6. The fourth-order valence-electron chi connectivity index (χ4n) is 1.50. The number of rotatable bonds is 5. The summed E-state index contributed by atoms with van der Waals surface area (Å²) in [6, 6.07) is 2.08. The zero-order valence-corrected chi connectivity index (χ0v) is 11.2. The van der Waals surface area contributed by atoms with E-state index in [1.54, 1.807) is 22.7 Å². The SMILES string of the molecule is Cc1nc(CC(=O)NCCc2ccsc2)cs1.